The number of aliphatic hydroxyl groups is 1. The second kappa shape index (κ2) is 8.67. The van der Waals surface area contributed by atoms with Gasteiger partial charge in [-0.25, -0.2) is 4.39 Å². The van der Waals surface area contributed by atoms with Crippen LogP contribution in [-0.4, -0.2) is 50.6 Å². The minimum Gasteiger partial charge on any atom is -0.386 e. The summed E-state index contributed by atoms with van der Waals surface area (Å²) < 4.78 is 91.4. The minimum absolute atomic E-state index is 0.0649. The number of rotatable bonds is 5. The normalized spacial score (nSPS) is 20.8. The molecule has 164 valence electrons. The zero-order valence-corrected chi connectivity index (χ0v) is 15.5. The van der Waals surface area contributed by atoms with E-state index in [1.165, 1.54) is 0 Å². The Bertz CT molecular complexity index is 710. The van der Waals surface area contributed by atoms with Gasteiger partial charge >= 0.3 is 12.4 Å². The van der Waals surface area contributed by atoms with E-state index in [-0.39, 0.29) is 18.4 Å². The van der Waals surface area contributed by atoms with Gasteiger partial charge < -0.3 is 15.7 Å². The zero-order chi connectivity index (χ0) is 22.0. The zero-order valence-electron chi connectivity index (χ0n) is 15.5. The third-order valence-corrected chi connectivity index (χ3v) is 4.31. The Morgan fingerprint density at radius 3 is 1.83 bits per heavy atom. The molecule has 1 heterocycles. The van der Waals surface area contributed by atoms with Gasteiger partial charge in [0.25, 0.3) is 0 Å². The molecule has 0 aliphatic heterocycles. The van der Waals surface area contributed by atoms with Crippen molar-refractivity contribution >= 4 is 17.5 Å². The van der Waals surface area contributed by atoms with Gasteiger partial charge in [0.15, 0.2) is 5.82 Å². The van der Waals surface area contributed by atoms with Gasteiger partial charge in [-0.2, -0.15) is 41.3 Å². The lowest BCUT2D eigenvalue weighted by Gasteiger charge is -2.20. The molecule has 0 saturated heterocycles. The molecule has 1 aromatic rings. The molecule has 1 unspecified atom stereocenters. The van der Waals surface area contributed by atoms with Crippen LogP contribution >= 0.6 is 0 Å². The summed E-state index contributed by atoms with van der Waals surface area (Å²) in [6.07, 6.45) is -9.68. The second-order valence-corrected chi connectivity index (χ2v) is 6.71. The molecule has 1 aliphatic carbocycles. The van der Waals surface area contributed by atoms with Crippen LogP contribution in [0.15, 0.2) is 5.83 Å². The second-order valence-electron chi connectivity index (χ2n) is 6.71. The van der Waals surface area contributed by atoms with Crippen molar-refractivity contribution in [1.82, 2.24) is 15.0 Å². The van der Waals surface area contributed by atoms with E-state index in [1.807, 2.05) is 10.6 Å². The van der Waals surface area contributed by atoms with E-state index in [2.05, 4.69) is 15.0 Å². The van der Waals surface area contributed by atoms with Crippen LogP contribution in [0.3, 0.4) is 0 Å². The number of aromatic nitrogens is 3. The van der Waals surface area contributed by atoms with Gasteiger partial charge in [-0.15, -0.1) is 0 Å². The molecule has 1 aliphatic rings. The maximum absolute atomic E-state index is 14.5. The fourth-order valence-electron chi connectivity index (χ4n) is 2.50. The van der Waals surface area contributed by atoms with Crippen LogP contribution < -0.4 is 10.6 Å². The third-order valence-electron chi connectivity index (χ3n) is 4.31. The van der Waals surface area contributed by atoms with Crippen LogP contribution in [-0.2, 0) is 0 Å². The molecular formula is C16H20F7N5O. The fraction of sp³-hybridized carbons (Fsp3) is 0.688. The van der Waals surface area contributed by atoms with E-state index in [9.17, 15) is 35.8 Å². The summed E-state index contributed by atoms with van der Waals surface area (Å²) in [5.74, 6) is -2.74. The Hall–Kier alpha value is -2.18. The first-order valence-corrected chi connectivity index (χ1v) is 8.78. The predicted octanol–water partition coefficient (Wildman–Crippen LogP) is 4.21. The number of aliphatic hydroxyl groups excluding tert-OH is 1. The maximum atomic E-state index is 14.5. The average Bonchev–Trinajstić information content (AvgIpc) is 2.74. The Morgan fingerprint density at radius 1 is 0.897 bits per heavy atom. The molecule has 3 atom stereocenters. The SMILES string of the molecule is C[C@@H](Nc1nc(N[C@H](C)C(F)(F)F)nc(C2=C(F)C(O)CCCC2)n1)C(F)(F)F. The summed E-state index contributed by atoms with van der Waals surface area (Å²) in [5, 5.41) is 13.7. The highest BCUT2D eigenvalue weighted by atomic mass is 19.4. The molecule has 2 rings (SSSR count). The summed E-state index contributed by atoms with van der Waals surface area (Å²) in [5.41, 5.74) is -0.178. The van der Waals surface area contributed by atoms with Crippen molar-refractivity contribution in [2.24, 2.45) is 0 Å². The van der Waals surface area contributed by atoms with E-state index in [0.717, 1.165) is 13.8 Å². The van der Waals surface area contributed by atoms with Crippen molar-refractivity contribution in [2.45, 2.75) is 70.1 Å². The van der Waals surface area contributed by atoms with Crippen molar-refractivity contribution in [3.8, 4) is 0 Å². The van der Waals surface area contributed by atoms with Gasteiger partial charge in [0, 0.05) is 5.57 Å². The molecule has 6 nitrogen and oxygen atoms in total. The molecule has 0 aromatic carbocycles. The van der Waals surface area contributed by atoms with Gasteiger partial charge in [0.1, 0.15) is 24.0 Å². The number of allylic oxidation sites excluding steroid dienone is 1. The number of anilines is 2. The van der Waals surface area contributed by atoms with Crippen LogP contribution in [0.2, 0.25) is 0 Å². The number of nitrogens with one attached hydrogen (secondary N) is 2. The summed E-state index contributed by atoms with van der Waals surface area (Å²) in [4.78, 5) is 11.0. The van der Waals surface area contributed by atoms with Gasteiger partial charge in [0.2, 0.25) is 11.9 Å². The highest BCUT2D eigenvalue weighted by Crippen LogP contribution is 2.32. The molecule has 0 spiro atoms. The fourth-order valence-corrected chi connectivity index (χ4v) is 2.50. The monoisotopic (exact) mass is 431 g/mol. The number of halogens is 7. The summed E-state index contributed by atoms with van der Waals surface area (Å²) in [6.45, 7) is 1.54. The van der Waals surface area contributed by atoms with E-state index in [4.69, 9.17) is 0 Å². The van der Waals surface area contributed by atoms with Crippen molar-refractivity contribution < 1.29 is 35.8 Å². The highest BCUT2D eigenvalue weighted by Gasteiger charge is 2.38. The van der Waals surface area contributed by atoms with Crippen molar-refractivity contribution in [1.29, 1.82) is 0 Å². The Balaban J connectivity index is 2.47. The molecule has 0 radical (unpaired) electrons. The highest BCUT2D eigenvalue weighted by molar-refractivity contribution is 5.64. The molecule has 0 saturated carbocycles. The Labute approximate surface area is 161 Å². The number of hydrogen-bond acceptors (Lipinski definition) is 6. The topological polar surface area (TPSA) is 83.0 Å². The van der Waals surface area contributed by atoms with E-state index >= 15 is 0 Å². The number of alkyl halides is 6. The maximum Gasteiger partial charge on any atom is 0.408 e. The average molecular weight is 431 g/mol. The van der Waals surface area contributed by atoms with Crippen molar-refractivity contribution in [3.63, 3.8) is 0 Å². The largest absolute Gasteiger partial charge is 0.408 e. The van der Waals surface area contributed by atoms with Crippen LogP contribution in [0.4, 0.5) is 42.6 Å². The third kappa shape index (κ3) is 6.15. The van der Waals surface area contributed by atoms with Gasteiger partial charge in [-0.1, -0.05) is 6.42 Å². The molecule has 1 aromatic heterocycles. The summed E-state index contributed by atoms with van der Waals surface area (Å²) >= 11 is 0. The van der Waals surface area contributed by atoms with E-state index in [1.54, 1.807) is 0 Å². The van der Waals surface area contributed by atoms with Gasteiger partial charge in [-0.05, 0) is 33.1 Å². The molecule has 29 heavy (non-hydrogen) atoms. The van der Waals surface area contributed by atoms with Crippen molar-refractivity contribution in [2.75, 3.05) is 10.6 Å². The molecule has 13 heteroatoms. The molecule has 3 N–H and O–H groups in total. The molecule has 0 fully saturated rings. The summed E-state index contributed by atoms with van der Waals surface area (Å²) in [7, 11) is 0. The molecular weight excluding hydrogens is 411 g/mol. The summed E-state index contributed by atoms with van der Waals surface area (Å²) in [6, 6.07) is -4.24. The molecule has 0 amide bonds. The van der Waals surface area contributed by atoms with E-state index in [0.29, 0.717) is 12.8 Å². The smallest absolute Gasteiger partial charge is 0.386 e. The van der Waals surface area contributed by atoms with Crippen LogP contribution in [0, 0.1) is 0 Å². The number of hydrogen-bond donors (Lipinski definition) is 3. The van der Waals surface area contributed by atoms with Crippen molar-refractivity contribution in [3.05, 3.63) is 11.7 Å². The predicted molar refractivity (Wildman–Crippen MR) is 90.6 cm³/mol. The van der Waals surface area contributed by atoms with Crippen LogP contribution in [0.1, 0.15) is 45.4 Å². The minimum atomic E-state index is -4.68. The van der Waals surface area contributed by atoms with Crippen LogP contribution in [0.5, 0.6) is 0 Å². The molecule has 0 bridgehead atoms. The van der Waals surface area contributed by atoms with Crippen LogP contribution in [0.25, 0.3) is 5.57 Å². The lowest BCUT2D eigenvalue weighted by Crippen LogP contribution is -2.35. The first-order chi connectivity index (χ1) is 13.3. The first-order valence-electron chi connectivity index (χ1n) is 8.78. The lowest BCUT2D eigenvalue weighted by molar-refractivity contribution is -0.139. The van der Waals surface area contributed by atoms with Gasteiger partial charge in [-0.3, -0.25) is 0 Å². The first kappa shape index (κ1) is 23.1. The quantitative estimate of drug-likeness (QED) is 0.606. The Morgan fingerprint density at radius 2 is 1.38 bits per heavy atom. The van der Waals surface area contributed by atoms with Gasteiger partial charge in [0.05, 0.1) is 0 Å². The van der Waals surface area contributed by atoms with E-state index < -0.39 is 54.1 Å². The lowest BCUT2D eigenvalue weighted by atomic mass is 10.1. The Kier molecular flexibility index (Phi) is 6.91. The number of nitrogens with zero attached hydrogens (tertiary/aromatic N) is 3. The standard InChI is InChI=1S/C16H20F7N5O/c1-7(15(18,19)20)24-13-26-12(9-5-3-4-6-10(29)11(9)17)27-14(28-13)25-8(2)16(21,22)23/h7-8,10,29H,3-6H2,1-2H3,(H2,24,25,26,27,28)/t7-,8-,10?/m1/s1.